The maximum Gasteiger partial charge on any atom is 0.301 e. The lowest BCUT2D eigenvalue weighted by Crippen LogP contribution is -2.48. The number of rotatable bonds is 3. The van der Waals surface area contributed by atoms with Crippen molar-refractivity contribution in [3.8, 4) is 0 Å². The summed E-state index contributed by atoms with van der Waals surface area (Å²) >= 11 is 0. The maximum atomic E-state index is 12.2. The van der Waals surface area contributed by atoms with Gasteiger partial charge in [-0.15, -0.1) is 0 Å². The average molecular weight is 269 g/mol. The van der Waals surface area contributed by atoms with E-state index in [2.05, 4.69) is 10.0 Å². The van der Waals surface area contributed by atoms with Gasteiger partial charge in [-0.25, -0.2) is 0 Å². The summed E-state index contributed by atoms with van der Waals surface area (Å²) in [5, 5.41) is 3.14. The molecule has 0 amide bonds. The van der Waals surface area contributed by atoms with Crippen LogP contribution in [0.25, 0.3) is 0 Å². The first kappa shape index (κ1) is 13.3. The van der Waals surface area contributed by atoms with Gasteiger partial charge in [0.25, 0.3) is 0 Å². The smallest absolute Gasteiger partial charge is 0.301 e. The number of hydrogen-bond donors (Lipinski definition) is 2. The van der Waals surface area contributed by atoms with Gasteiger partial charge in [0.05, 0.1) is 5.69 Å². The Morgan fingerprint density at radius 3 is 2.22 bits per heavy atom. The molecule has 2 N–H and O–H groups in total. The lowest BCUT2D eigenvalue weighted by atomic mass is 10.1. The molecule has 1 fully saturated rings. The van der Waals surface area contributed by atoms with Gasteiger partial charge in [-0.1, -0.05) is 6.07 Å². The summed E-state index contributed by atoms with van der Waals surface area (Å²) in [5.74, 6) is 0. The van der Waals surface area contributed by atoms with Crippen LogP contribution in [0.15, 0.2) is 18.2 Å². The second-order valence-electron chi connectivity index (χ2n) is 4.63. The number of benzene rings is 1. The summed E-state index contributed by atoms with van der Waals surface area (Å²) in [6, 6.07) is 5.70. The lowest BCUT2D eigenvalue weighted by Gasteiger charge is -2.27. The predicted molar refractivity (Wildman–Crippen MR) is 72.9 cm³/mol. The molecule has 1 aromatic carbocycles. The van der Waals surface area contributed by atoms with Gasteiger partial charge in [0, 0.05) is 26.2 Å². The van der Waals surface area contributed by atoms with E-state index >= 15 is 0 Å². The zero-order valence-electron chi connectivity index (χ0n) is 10.7. The summed E-state index contributed by atoms with van der Waals surface area (Å²) in [7, 11) is -3.43. The molecule has 6 heteroatoms. The lowest BCUT2D eigenvalue weighted by molar-refractivity contribution is 0.362. The normalized spacial score (nSPS) is 17.7. The summed E-state index contributed by atoms with van der Waals surface area (Å²) in [4.78, 5) is 0. The highest BCUT2D eigenvalue weighted by atomic mass is 32.2. The minimum atomic E-state index is -3.43. The van der Waals surface area contributed by atoms with Crippen molar-refractivity contribution in [1.29, 1.82) is 0 Å². The average Bonchev–Trinajstić information content (AvgIpc) is 2.28. The number of piperazine rings is 1. The molecule has 0 saturated carbocycles. The van der Waals surface area contributed by atoms with Crippen molar-refractivity contribution < 1.29 is 8.42 Å². The first-order chi connectivity index (χ1) is 8.47. The highest BCUT2D eigenvalue weighted by Crippen LogP contribution is 2.16. The molecule has 1 aliphatic heterocycles. The van der Waals surface area contributed by atoms with Crippen molar-refractivity contribution in [2.24, 2.45) is 0 Å². The van der Waals surface area contributed by atoms with Crippen LogP contribution in [0.1, 0.15) is 11.1 Å². The van der Waals surface area contributed by atoms with E-state index in [0.29, 0.717) is 31.9 Å². The minimum Gasteiger partial charge on any atom is -0.314 e. The van der Waals surface area contributed by atoms with Crippen molar-refractivity contribution in [3.05, 3.63) is 29.3 Å². The zero-order valence-corrected chi connectivity index (χ0v) is 11.5. The second kappa shape index (κ2) is 5.26. The third-order valence-corrected chi connectivity index (χ3v) is 4.42. The number of nitrogens with one attached hydrogen (secondary N) is 2. The Morgan fingerprint density at radius 2 is 1.67 bits per heavy atom. The quantitative estimate of drug-likeness (QED) is 0.856. The van der Waals surface area contributed by atoms with Crippen LogP contribution in [0.3, 0.4) is 0 Å². The number of aryl methyl sites for hydroxylation is 2. The van der Waals surface area contributed by atoms with Gasteiger partial charge < -0.3 is 5.32 Å². The molecular weight excluding hydrogens is 250 g/mol. The molecule has 1 aromatic rings. The molecule has 5 nitrogen and oxygen atoms in total. The highest BCUT2D eigenvalue weighted by molar-refractivity contribution is 7.90. The molecule has 18 heavy (non-hydrogen) atoms. The van der Waals surface area contributed by atoms with E-state index in [1.54, 1.807) is 0 Å². The molecular formula is C12H19N3O2S. The van der Waals surface area contributed by atoms with Gasteiger partial charge in [-0.3, -0.25) is 4.72 Å². The molecule has 0 aliphatic carbocycles. The topological polar surface area (TPSA) is 61.4 Å². The van der Waals surface area contributed by atoms with Crippen LogP contribution in [0.4, 0.5) is 5.69 Å². The maximum absolute atomic E-state index is 12.2. The van der Waals surface area contributed by atoms with E-state index in [1.807, 2.05) is 32.0 Å². The van der Waals surface area contributed by atoms with Crippen LogP contribution in [0, 0.1) is 13.8 Å². The molecule has 1 saturated heterocycles. The van der Waals surface area contributed by atoms with E-state index in [9.17, 15) is 8.42 Å². The zero-order chi connectivity index (χ0) is 13.2. The molecule has 0 aromatic heterocycles. The summed E-state index contributed by atoms with van der Waals surface area (Å²) in [5.41, 5.74) is 2.73. The third kappa shape index (κ3) is 3.22. The fourth-order valence-electron chi connectivity index (χ4n) is 2.13. The Labute approximate surface area is 108 Å². The van der Waals surface area contributed by atoms with Gasteiger partial charge in [0.15, 0.2) is 0 Å². The van der Waals surface area contributed by atoms with E-state index in [4.69, 9.17) is 0 Å². The first-order valence-electron chi connectivity index (χ1n) is 6.04. The van der Waals surface area contributed by atoms with Crippen LogP contribution in [0.5, 0.6) is 0 Å². The van der Waals surface area contributed by atoms with Crippen molar-refractivity contribution in [3.63, 3.8) is 0 Å². The standard InChI is InChI=1S/C12H19N3O2S/c1-10-7-11(2)9-12(8-10)14-18(16,17)15-5-3-13-4-6-15/h7-9,13-14H,3-6H2,1-2H3. The van der Waals surface area contributed by atoms with E-state index < -0.39 is 10.2 Å². The van der Waals surface area contributed by atoms with Crippen molar-refractivity contribution >= 4 is 15.9 Å². The summed E-state index contributed by atoms with van der Waals surface area (Å²) in [6.07, 6.45) is 0. The summed E-state index contributed by atoms with van der Waals surface area (Å²) < 4.78 is 28.4. The molecule has 0 bridgehead atoms. The van der Waals surface area contributed by atoms with Crippen molar-refractivity contribution in [2.75, 3.05) is 30.9 Å². The van der Waals surface area contributed by atoms with Crippen LogP contribution < -0.4 is 10.0 Å². The monoisotopic (exact) mass is 269 g/mol. The van der Waals surface area contributed by atoms with Crippen LogP contribution in [-0.4, -0.2) is 38.9 Å². The molecule has 0 unspecified atom stereocenters. The van der Waals surface area contributed by atoms with Gasteiger partial charge in [0.2, 0.25) is 0 Å². The van der Waals surface area contributed by atoms with E-state index in [0.717, 1.165) is 11.1 Å². The highest BCUT2D eigenvalue weighted by Gasteiger charge is 2.23. The molecule has 0 radical (unpaired) electrons. The van der Waals surface area contributed by atoms with Crippen molar-refractivity contribution in [2.45, 2.75) is 13.8 Å². The largest absolute Gasteiger partial charge is 0.314 e. The first-order valence-corrected chi connectivity index (χ1v) is 7.48. The third-order valence-electron chi connectivity index (χ3n) is 2.88. The molecule has 1 heterocycles. The van der Waals surface area contributed by atoms with Gasteiger partial charge in [0.1, 0.15) is 0 Å². The van der Waals surface area contributed by atoms with Crippen LogP contribution >= 0.6 is 0 Å². The van der Waals surface area contributed by atoms with Gasteiger partial charge >= 0.3 is 10.2 Å². The number of anilines is 1. The SMILES string of the molecule is Cc1cc(C)cc(NS(=O)(=O)N2CCNCC2)c1. The van der Waals surface area contributed by atoms with E-state index in [1.165, 1.54) is 4.31 Å². The molecule has 0 atom stereocenters. The fraction of sp³-hybridized carbons (Fsp3) is 0.500. The van der Waals surface area contributed by atoms with Crippen LogP contribution in [-0.2, 0) is 10.2 Å². The number of nitrogens with zero attached hydrogens (tertiary/aromatic N) is 1. The second-order valence-corrected chi connectivity index (χ2v) is 6.30. The van der Waals surface area contributed by atoms with Crippen LogP contribution in [0.2, 0.25) is 0 Å². The number of hydrogen-bond acceptors (Lipinski definition) is 3. The fourth-order valence-corrected chi connectivity index (χ4v) is 3.34. The van der Waals surface area contributed by atoms with Gasteiger partial charge in [-0.05, 0) is 37.1 Å². The molecule has 1 aliphatic rings. The Hall–Kier alpha value is -1.11. The minimum absolute atomic E-state index is 0.514. The predicted octanol–water partition coefficient (Wildman–Crippen LogP) is 0.865. The Morgan fingerprint density at radius 1 is 1.11 bits per heavy atom. The summed E-state index contributed by atoms with van der Waals surface area (Å²) in [6.45, 7) is 6.34. The molecule has 100 valence electrons. The molecule has 2 rings (SSSR count). The molecule has 0 spiro atoms. The van der Waals surface area contributed by atoms with E-state index in [-0.39, 0.29) is 0 Å². The van der Waals surface area contributed by atoms with Gasteiger partial charge in [-0.2, -0.15) is 12.7 Å². The Bertz CT molecular complexity index is 502. The Balaban J connectivity index is 2.16. The Kier molecular flexibility index (Phi) is 3.89. The van der Waals surface area contributed by atoms with Crippen molar-refractivity contribution in [1.82, 2.24) is 9.62 Å².